The number of halogens is 3. The number of aliphatic carboxylic acids is 1. The van der Waals surface area contributed by atoms with Crippen molar-refractivity contribution in [1.29, 1.82) is 0 Å². The number of carbonyl (C=O) groups excluding carboxylic acids is 1. The van der Waals surface area contributed by atoms with Crippen molar-refractivity contribution in [2.75, 3.05) is 6.54 Å². The van der Waals surface area contributed by atoms with E-state index in [1.165, 1.54) is 0 Å². The normalized spacial score (nSPS) is 13.2. The monoisotopic (exact) mass is 270 g/mol. The lowest BCUT2D eigenvalue weighted by molar-refractivity contribution is -0.139. The molecule has 0 saturated carbocycles. The number of alkyl halides is 3. The maximum Gasteiger partial charge on any atom is 0.390 e. The highest BCUT2D eigenvalue weighted by molar-refractivity contribution is 5.82. The van der Waals surface area contributed by atoms with Gasteiger partial charge in [-0.1, -0.05) is 13.8 Å². The lowest BCUT2D eigenvalue weighted by atomic mass is 10.0. The molecule has 0 unspecified atom stereocenters. The molecule has 0 radical (unpaired) electrons. The number of amides is 2. The van der Waals surface area contributed by atoms with Crippen LogP contribution < -0.4 is 10.6 Å². The van der Waals surface area contributed by atoms with Gasteiger partial charge in [0.05, 0.1) is 6.42 Å². The molecule has 0 aliphatic rings. The summed E-state index contributed by atoms with van der Waals surface area (Å²) in [4.78, 5) is 22.0. The van der Waals surface area contributed by atoms with Gasteiger partial charge in [0.2, 0.25) is 0 Å². The molecular formula is C10H17F3N2O3. The van der Waals surface area contributed by atoms with E-state index in [1.54, 1.807) is 13.8 Å². The molecule has 5 nitrogen and oxygen atoms in total. The van der Waals surface area contributed by atoms with Crippen LogP contribution in [0.25, 0.3) is 0 Å². The van der Waals surface area contributed by atoms with Crippen LogP contribution in [0.3, 0.4) is 0 Å². The van der Waals surface area contributed by atoms with Crippen LogP contribution in [0.15, 0.2) is 0 Å². The van der Waals surface area contributed by atoms with Crippen molar-refractivity contribution in [3.63, 3.8) is 0 Å². The van der Waals surface area contributed by atoms with Crippen molar-refractivity contribution in [2.45, 2.75) is 38.9 Å². The van der Waals surface area contributed by atoms with E-state index in [9.17, 15) is 22.8 Å². The highest BCUT2D eigenvalue weighted by atomic mass is 19.4. The molecule has 18 heavy (non-hydrogen) atoms. The fourth-order valence-corrected chi connectivity index (χ4v) is 1.22. The Kier molecular flexibility index (Phi) is 6.50. The highest BCUT2D eigenvalue weighted by Gasteiger charge is 2.27. The number of carboxylic acid groups (broad SMARTS) is 1. The summed E-state index contributed by atoms with van der Waals surface area (Å²) in [5.41, 5.74) is 0. The van der Waals surface area contributed by atoms with Crippen molar-refractivity contribution in [3.8, 4) is 0 Å². The summed E-state index contributed by atoms with van der Waals surface area (Å²) in [5.74, 6) is -1.17. The topological polar surface area (TPSA) is 78.4 Å². The maximum atomic E-state index is 11.8. The number of hydrogen-bond donors (Lipinski definition) is 3. The molecule has 0 rings (SSSR count). The van der Waals surface area contributed by atoms with E-state index in [1.807, 2.05) is 5.32 Å². The first-order chi connectivity index (χ1) is 8.11. The van der Waals surface area contributed by atoms with Gasteiger partial charge < -0.3 is 15.7 Å². The van der Waals surface area contributed by atoms with E-state index >= 15 is 0 Å². The zero-order valence-corrected chi connectivity index (χ0v) is 10.2. The minimum Gasteiger partial charge on any atom is -0.480 e. The predicted molar refractivity (Wildman–Crippen MR) is 58.1 cm³/mol. The van der Waals surface area contributed by atoms with E-state index in [2.05, 4.69) is 5.32 Å². The van der Waals surface area contributed by atoms with Gasteiger partial charge in [0, 0.05) is 6.54 Å². The zero-order valence-electron chi connectivity index (χ0n) is 10.2. The summed E-state index contributed by atoms with van der Waals surface area (Å²) in [5, 5.41) is 12.9. The zero-order chi connectivity index (χ0) is 14.3. The van der Waals surface area contributed by atoms with E-state index < -0.39 is 37.2 Å². The first-order valence-electron chi connectivity index (χ1n) is 5.45. The van der Waals surface area contributed by atoms with Crippen LogP contribution in [0.5, 0.6) is 0 Å². The van der Waals surface area contributed by atoms with Crippen LogP contribution in [0.4, 0.5) is 18.0 Å². The molecule has 8 heteroatoms. The van der Waals surface area contributed by atoms with Crippen molar-refractivity contribution in [3.05, 3.63) is 0 Å². The van der Waals surface area contributed by atoms with E-state index in [0.717, 1.165) is 0 Å². The Morgan fingerprint density at radius 3 is 2.22 bits per heavy atom. The Labute approximate surface area is 103 Å². The number of urea groups is 1. The SMILES string of the molecule is CC(C)C[C@H](NC(=O)NCCC(F)(F)F)C(=O)O. The van der Waals surface area contributed by atoms with Crippen molar-refractivity contribution >= 4 is 12.0 Å². The van der Waals surface area contributed by atoms with Crippen LogP contribution in [0, 0.1) is 5.92 Å². The minimum absolute atomic E-state index is 0.0431. The second kappa shape index (κ2) is 7.07. The molecule has 106 valence electrons. The smallest absolute Gasteiger partial charge is 0.390 e. The number of carboxylic acids is 1. The van der Waals surface area contributed by atoms with Crippen LogP contribution in [0.1, 0.15) is 26.7 Å². The van der Waals surface area contributed by atoms with Gasteiger partial charge in [-0.15, -0.1) is 0 Å². The lowest BCUT2D eigenvalue weighted by Crippen LogP contribution is -2.47. The molecule has 0 spiro atoms. The van der Waals surface area contributed by atoms with E-state index in [-0.39, 0.29) is 12.3 Å². The third-order valence-corrected chi connectivity index (χ3v) is 2.00. The molecule has 0 bridgehead atoms. The fraction of sp³-hybridized carbons (Fsp3) is 0.800. The fourth-order valence-electron chi connectivity index (χ4n) is 1.22. The molecule has 0 aromatic heterocycles. The van der Waals surface area contributed by atoms with Gasteiger partial charge in [0.15, 0.2) is 0 Å². The minimum atomic E-state index is -4.35. The number of carbonyl (C=O) groups is 2. The molecule has 0 fully saturated rings. The molecule has 0 heterocycles. The number of nitrogens with one attached hydrogen (secondary N) is 2. The molecule has 0 aromatic carbocycles. The van der Waals surface area contributed by atoms with Crippen LogP contribution in [-0.2, 0) is 4.79 Å². The van der Waals surface area contributed by atoms with Gasteiger partial charge >= 0.3 is 18.2 Å². The molecule has 0 aliphatic heterocycles. The first kappa shape index (κ1) is 16.5. The quantitative estimate of drug-likeness (QED) is 0.688. The van der Waals surface area contributed by atoms with Gasteiger partial charge in [-0.3, -0.25) is 0 Å². The van der Waals surface area contributed by atoms with Crippen molar-refractivity contribution in [1.82, 2.24) is 10.6 Å². The molecule has 0 aliphatic carbocycles. The standard InChI is InChI=1S/C10H17F3N2O3/c1-6(2)5-7(8(16)17)15-9(18)14-4-3-10(11,12)13/h6-7H,3-5H2,1-2H3,(H,16,17)(H2,14,15,18)/t7-/m0/s1. The molecule has 2 amide bonds. The second-order valence-electron chi connectivity index (χ2n) is 4.29. The van der Waals surface area contributed by atoms with Gasteiger partial charge in [-0.25, -0.2) is 9.59 Å². The highest BCUT2D eigenvalue weighted by Crippen LogP contribution is 2.18. The van der Waals surface area contributed by atoms with Crippen LogP contribution in [-0.4, -0.2) is 35.9 Å². The Hall–Kier alpha value is -1.47. The lowest BCUT2D eigenvalue weighted by Gasteiger charge is -2.17. The van der Waals surface area contributed by atoms with Gasteiger partial charge in [-0.05, 0) is 12.3 Å². The molecule has 0 aromatic rings. The summed E-state index contributed by atoms with van der Waals surface area (Å²) < 4.78 is 35.4. The third kappa shape index (κ3) is 8.66. The third-order valence-electron chi connectivity index (χ3n) is 2.00. The van der Waals surface area contributed by atoms with Crippen molar-refractivity contribution < 1.29 is 27.9 Å². The number of rotatable bonds is 6. The molecule has 1 atom stereocenters. The Balaban J connectivity index is 4.07. The summed E-state index contributed by atoms with van der Waals surface area (Å²) in [6, 6.07) is -2.01. The predicted octanol–water partition coefficient (Wildman–Crippen LogP) is 1.74. The van der Waals surface area contributed by atoms with E-state index in [4.69, 9.17) is 5.11 Å². The second-order valence-corrected chi connectivity index (χ2v) is 4.29. The largest absolute Gasteiger partial charge is 0.480 e. The Morgan fingerprint density at radius 2 is 1.83 bits per heavy atom. The summed E-state index contributed by atoms with van der Waals surface area (Å²) >= 11 is 0. The maximum absolute atomic E-state index is 11.8. The Bertz CT molecular complexity index is 293. The van der Waals surface area contributed by atoms with Gasteiger partial charge in [0.1, 0.15) is 6.04 Å². The van der Waals surface area contributed by atoms with Crippen molar-refractivity contribution in [2.24, 2.45) is 5.92 Å². The Morgan fingerprint density at radius 1 is 1.28 bits per heavy atom. The van der Waals surface area contributed by atoms with Gasteiger partial charge in [-0.2, -0.15) is 13.2 Å². The van der Waals surface area contributed by atoms with Gasteiger partial charge in [0.25, 0.3) is 0 Å². The van der Waals surface area contributed by atoms with Crippen LogP contribution >= 0.6 is 0 Å². The first-order valence-corrected chi connectivity index (χ1v) is 5.45. The molecular weight excluding hydrogens is 253 g/mol. The van der Waals surface area contributed by atoms with E-state index in [0.29, 0.717) is 0 Å². The van der Waals surface area contributed by atoms with Crippen LogP contribution in [0.2, 0.25) is 0 Å². The molecule has 0 saturated heterocycles. The summed E-state index contributed by atoms with van der Waals surface area (Å²) in [6.07, 6.45) is -5.29. The molecule has 3 N–H and O–H groups in total. The average molecular weight is 270 g/mol. The summed E-state index contributed by atoms with van der Waals surface area (Å²) in [7, 11) is 0. The average Bonchev–Trinajstić information content (AvgIpc) is 2.13. The number of hydrogen-bond acceptors (Lipinski definition) is 2. The summed E-state index contributed by atoms with van der Waals surface area (Å²) in [6.45, 7) is 2.97.